The zero-order valence-electron chi connectivity index (χ0n) is 13.0. The quantitative estimate of drug-likeness (QED) is 0.500. The summed E-state index contributed by atoms with van der Waals surface area (Å²) < 4.78 is 9.66. The molecule has 0 aliphatic heterocycles. The molecule has 7 nitrogen and oxygen atoms in total. The van der Waals surface area contributed by atoms with Gasteiger partial charge in [0.1, 0.15) is 0 Å². The topological polar surface area (TPSA) is 102 Å². The number of alkyl carbamates (subject to hydrolysis) is 1. The molecule has 0 spiro atoms. The molecule has 0 unspecified atom stereocenters. The third-order valence-electron chi connectivity index (χ3n) is 2.99. The average Bonchev–Trinajstić information content (AvgIpc) is 2.36. The van der Waals surface area contributed by atoms with Crippen LogP contribution in [0, 0.1) is 5.92 Å². The molecule has 1 amide bonds. The Balaban J connectivity index is 4.37. The number of carbonyl (C=O) groups is 3. The van der Waals surface area contributed by atoms with Gasteiger partial charge >= 0.3 is 18.0 Å². The summed E-state index contributed by atoms with van der Waals surface area (Å²) in [4.78, 5) is 33.5. The summed E-state index contributed by atoms with van der Waals surface area (Å²) in [5, 5.41) is 11.4. The summed E-state index contributed by atoms with van der Waals surface area (Å²) in [6.07, 6.45) is -0.362. The van der Waals surface area contributed by atoms with Crippen molar-refractivity contribution in [2.24, 2.45) is 5.92 Å². The summed E-state index contributed by atoms with van der Waals surface area (Å²) in [6, 6.07) is -0.515. The van der Waals surface area contributed by atoms with E-state index >= 15 is 0 Å². The number of nitrogens with one attached hydrogen (secondary N) is 1. The van der Waals surface area contributed by atoms with Gasteiger partial charge in [-0.25, -0.2) is 4.79 Å². The molecule has 0 saturated heterocycles. The molecule has 0 aliphatic rings. The number of carboxylic acid groups (broad SMARTS) is 1. The van der Waals surface area contributed by atoms with Crippen LogP contribution in [0.4, 0.5) is 4.79 Å². The van der Waals surface area contributed by atoms with E-state index in [4.69, 9.17) is 14.6 Å². The van der Waals surface area contributed by atoms with Crippen molar-refractivity contribution in [3.8, 4) is 0 Å². The standard InChI is InChI=1S/C14H25NO6/c1-5-9(3)7-11(8-12(16)17)15-14(19)21-10(4)20-13(18)6-2/h9-11H,5-8H2,1-4H3,(H,15,19)(H,16,17)/t9-,10+,11+/m1/s1. The lowest BCUT2D eigenvalue weighted by Crippen LogP contribution is -2.39. The average molecular weight is 303 g/mol. The molecule has 3 atom stereocenters. The molecule has 0 radical (unpaired) electrons. The van der Waals surface area contributed by atoms with E-state index < -0.39 is 30.4 Å². The first kappa shape index (κ1) is 19.2. The van der Waals surface area contributed by atoms with Gasteiger partial charge in [0.2, 0.25) is 6.29 Å². The van der Waals surface area contributed by atoms with Crippen LogP contribution in [0.25, 0.3) is 0 Å². The van der Waals surface area contributed by atoms with Crippen LogP contribution in [-0.2, 0) is 19.1 Å². The molecule has 0 heterocycles. The molecule has 0 rings (SSSR count). The molecule has 0 fully saturated rings. The lowest BCUT2D eigenvalue weighted by molar-refractivity contribution is -0.164. The van der Waals surface area contributed by atoms with Gasteiger partial charge in [-0.3, -0.25) is 9.59 Å². The molecule has 122 valence electrons. The highest BCUT2D eigenvalue weighted by Gasteiger charge is 2.21. The summed E-state index contributed by atoms with van der Waals surface area (Å²) in [5.41, 5.74) is 0. The molecule has 0 bridgehead atoms. The Hall–Kier alpha value is -1.79. The first-order valence-electron chi connectivity index (χ1n) is 7.16. The molecule has 7 heteroatoms. The highest BCUT2D eigenvalue weighted by Crippen LogP contribution is 2.12. The predicted octanol–water partition coefficient (Wildman–Crippen LogP) is 2.29. The molecule has 2 N–H and O–H groups in total. The minimum Gasteiger partial charge on any atom is -0.481 e. The second-order valence-electron chi connectivity index (χ2n) is 5.00. The van der Waals surface area contributed by atoms with Gasteiger partial charge in [-0.15, -0.1) is 0 Å². The van der Waals surface area contributed by atoms with E-state index in [1.165, 1.54) is 6.92 Å². The summed E-state index contributed by atoms with van der Waals surface area (Å²) >= 11 is 0. The number of aliphatic carboxylic acids is 1. The van der Waals surface area contributed by atoms with E-state index in [9.17, 15) is 14.4 Å². The van der Waals surface area contributed by atoms with Crippen LogP contribution < -0.4 is 5.32 Å². The van der Waals surface area contributed by atoms with Gasteiger partial charge in [-0.05, 0) is 12.3 Å². The van der Waals surface area contributed by atoms with E-state index in [0.29, 0.717) is 6.42 Å². The first-order valence-corrected chi connectivity index (χ1v) is 7.16. The van der Waals surface area contributed by atoms with E-state index in [2.05, 4.69) is 5.32 Å². The van der Waals surface area contributed by atoms with Crippen LogP contribution >= 0.6 is 0 Å². The number of hydrogen-bond donors (Lipinski definition) is 2. The number of carbonyl (C=O) groups excluding carboxylic acids is 2. The fourth-order valence-electron chi connectivity index (χ4n) is 1.70. The van der Waals surface area contributed by atoms with Gasteiger partial charge in [0.05, 0.1) is 6.42 Å². The molecule has 21 heavy (non-hydrogen) atoms. The Morgan fingerprint density at radius 2 is 1.76 bits per heavy atom. The maximum Gasteiger partial charge on any atom is 0.410 e. The van der Waals surface area contributed by atoms with E-state index in [0.717, 1.165) is 6.42 Å². The van der Waals surface area contributed by atoms with Crippen molar-refractivity contribution in [3.63, 3.8) is 0 Å². The SMILES string of the molecule is CCC(=O)O[C@H](C)OC(=O)N[C@H](CC(=O)O)C[C@H](C)CC. The fraction of sp³-hybridized carbons (Fsp3) is 0.786. The van der Waals surface area contributed by atoms with Gasteiger partial charge in [-0.2, -0.15) is 0 Å². The van der Waals surface area contributed by atoms with Crippen molar-refractivity contribution < 1.29 is 29.0 Å². The molecule has 0 aliphatic carbocycles. The van der Waals surface area contributed by atoms with E-state index in [1.807, 2.05) is 13.8 Å². The van der Waals surface area contributed by atoms with Gasteiger partial charge < -0.3 is 19.9 Å². The lowest BCUT2D eigenvalue weighted by Gasteiger charge is -2.21. The summed E-state index contributed by atoms with van der Waals surface area (Å²) in [5.74, 6) is -1.18. The number of carboxylic acids is 1. The van der Waals surface area contributed by atoms with Crippen LogP contribution in [0.5, 0.6) is 0 Å². The lowest BCUT2D eigenvalue weighted by atomic mass is 9.97. The minimum absolute atomic E-state index is 0.178. The van der Waals surface area contributed by atoms with Gasteiger partial charge in [0.15, 0.2) is 0 Å². The van der Waals surface area contributed by atoms with Gasteiger partial charge in [0, 0.05) is 19.4 Å². The second kappa shape index (κ2) is 10.0. The maximum absolute atomic E-state index is 11.7. The predicted molar refractivity (Wildman–Crippen MR) is 75.6 cm³/mol. The Morgan fingerprint density at radius 3 is 2.24 bits per heavy atom. The summed E-state index contributed by atoms with van der Waals surface area (Å²) in [6.45, 7) is 7.03. The Bertz CT molecular complexity index is 357. The zero-order chi connectivity index (χ0) is 16.4. The van der Waals surface area contributed by atoms with Crippen molar-refractivity contribution in [2.75, 3.05) is 0 Å². The Morgan fingerprint density at radius 1 is 1.14 bits per heavy atom. The van der Waals surface area contributed by atoms with Crippen molar-refractivity contribution in [1.82, 2.24) is 5.32 Å². The van der Waals surface area contributed by atoms with Gasteiger partial charge in [0.25, 0.3) is 0 Å². The highest BCUT2D eigenvalue weighted by molar-refractivity contribution is 5.72. The number of hydrogen-bond acceptors (Lipinski definition) is 5. The largest absolute Gasteiger partial charge is 0.481 e. The second-order valence-corrected chi connectivity index (χ2v) is 5.00. The van der Waals surface area contributed by atoms with Crippen molar-refractivity contribution >= 4 is 18.0 Å². The van der Waals surface area contributed by atoms with Crippen LogP contribution in [0.1, 0.15) is 53.4 Å². The monoisotopic (exact) mass is 303 g/mol. The Labute approximate surface area is 125 Å². The number of esters is 1. The van der Waals surface area contributed by atoms with Crippen LogP contribution in [-0.4, -0.2) is 35.5 Å². The molecular weight excluding hydrogens is 278 g/mol. The smallest absolute Gasteiger partial charge is 0.410 e. The van der Waals surface area contributed by atoms with E-state index in [1.54, 1.807) is 6.92 Å². The first-order chi connectivity index (χ1) is 9.78. The van der Waals surface area contributed by atoms with Crippen molar-refractivity contribution in [3.05, 3.63) is 0 Å². The minimum atomic E-state index is -1.01. The number of ether oxygens (including phenoxy) is 2. The van der Waals surface area contributed by atoms with Crippen LogP contribution in [0.2, 0.25) is 0 Å². The normalized spacial score (nSPS) is 14.7. The Kier molecular flexibility index (Phi) is 9.16. The third kappa shape index (κ3) is 9.70. The van der Waals surface area contributed by atoms with E-state index in [-0.39, 0.29) is 18.8 Å². The summed E-state index contributed by atoms with van der Waals surface area (Å²) in [7, 11) is 0. The number of rotatable bonds is 9. The molecule has 0 aromatic heterocycles. The third-order valence-corrected chi connectivity index (χ3v) is 2.99. The fourth-order valence-corrected chi connectivity index (χ4v) is 1.70. The molecule has 0 aromatic carbocycles. The van der Waals surface area contributed by atoms with Gasteiger partial charge in [-0.1, -0.05) is 27.2 Å². The highest BCUT2D eigenvalue weighted by atomic mass is 16.7. The molecule has 0 aromatic rings. The zero-order valence-corrected chi connectivity index (χ0v) is 13.0. The van der Waals surface area contributed by atoms with Crippen molar-refractivity contribution in [1.29, 1.82) is 0 Å². The van der Waals surface area contributed by atoms with Crippen molar-refractivity contribution in [2.45, 2.75) is 65.7 Å². The number of amides is 1. The maximum atomic E-state index is 11.7. The molecular formula is C14H25NO6. The molecule has 0 saturated carbocycles. The van der Waals surface area contributed by atoms with Crippen LogP contribution in [0.3, 0.4) is 0 Å². The van der Waals surface area contributed by atoms with Crippen LogP contribution in [0.15, 0.2) is 0 Å².